The first-order valence-electron chi connectivity index (χ1n) is 8.51. The normalized spacial score (nSPS) is 11.2. The molecule has 0 unspecified atom stereocenters. The number of nitrogens with zero attached hydrogens (tertiary/aromatic N) is 1. The summed E-state index contributed by atoms with van der Waals surface area (Å²) in [6.07, 6.45) is 1.86. The first kappa shape index (κ1) is 20.5. The van der Waals surface area contributed by atoms with Crippen molar-refractivity contribution in [2.24, 2.45) is 0 Å². The Morgan fingerprint density at radius 2 is 1.82 bits per heavy atom. The smallest absolute Gasteiger partial charge is 0.134 e. The lowest BCUT2D eigenvalue weighted by atomic mass is 10.0. The molecule has 2 nitrogen and oxygen atoms in total. The summed E-state index contributed by atoms with van der Waals surface area (Å²) in [6, 6.07) is 21.2. The van der Waals surface area contributed by atoms with E-state index in [0.29, 0.717) is 28.0 Å². The van der Waals surface area contributed by atoms with Crippen LogP contribution in [0.15, 0.2) is 65.1 Å². The second-order valence-corrected chi connectivity index (χ2v) is 7.95. The summed E-state index contributed by atoms with van der Waals surface area (Å²) in [4.78, 5) is 0. The van der Waals surface area contributed by atoms with Crippen LogP contribution < -0.4 is 4.74 Å². The zero-order chi connectivity index (χ0) is 20.1. The van der Waals surface area contributed by atoms with Crippen molar-refractivity contribution in [3.63, 3.8) is 0 Å². The van der Waals surface area contributed by atoms with E-state index in [1.54, 1.807) is 12.1 Å². The zero-order valence-corrected chi connectivity index (χ0v) is 18.1. The van der Waals surface area contributed by atoms with Crippen molar-refractivity contribution in [2.45, 2.75) is 13.5 Å². The summed E-state index contributed by atoms with van der Waals surface area (Å²) in [5.74, 6) is 0.692. The molecular formula is C23H16BrCl2NO. The number of ether oxygens (including phenoxy) is 1. The highest BCUT2D eigenvalue weighted by Crippen LogP contribution is 2.30. The van der Waals surface area contributed by atoms with Crippen LogP contribution in [0.2, 0.25) is 10.0 Å². The Bertz CT molecular complexity index is 1070. The number of benzene rings is 3. The average molecular weight is 473 g/mol. The highest BCUT2D eigenvalue weighted by molar-refractivity contribution is 9.10. The maximum absolute atomic E-state index is 9.51. The topological polar surface area (TPSA) is 33.0 Å². The molecule has 0 saturated carbocycles. The van der Waals surface area contributed by atoms with E-state index >= 15 is 0 Å². The van der Waals surface area contributed by atoms with Crippen LogP contribution >= 0.6 is 39.1 Å². The summed E-state index contributed by atoms with van der Waals surface area (Å²) in [6.45, 7) is 2.35. The minimum Gasteiger partial charge on any atom is -0.488 e. The summed E-state index contributed by atoms with van der Waals surface area (Å²) >= 11 is 15.6. The molecule has 0 atom stereocenters. The largest absolute Gasteiger partial charge is 0.488 e. The quantitative estimate of drug-likeness (QED) is 0.281. The molecule has 0 aromatic heterocycles. The lowest BCUT2D eigenvalue weighted by Gasteiger charge is -2.10. The van der Waals surface area contributed by atoms with Gasteiger partial charge in [-0.1, -0.05) is 65.2 Å². The van der Waals surface area contributed by atoms with E-state index in [-0.39, 0.29) is 0 Å². The molecule has 0 bridgehead atoms. The minimum atomic E-state index is 0.330. The molecule has 0 fully saturated rings. The molecular weight excluding hydrogens is 457 g/mol. The second-order valence-electron chi connectivity index (χ2n) is 6.25. The Hall–Kier alpha value is -2.25. The molecule has 28 heavy (non-hydrogen) atoms. The van der Waals surface area contributed by atoms with Gasteiger partial charge in [-0.25, -0.2) is 0 Å². The number of rotatable bonds is 5. The molecule has 3 aromatic carbocycles. The number of hydrogen-bond acceptors (Lipinski definition) is 2. The molecule has 0 aliphatic rings. The highest BCUT2D eigenvalue weighted by Gasteiger charge is 2.07. The summed E-state index contributed by atoms with van der Waals surface area (Å²) in [5, 5.41) is 10.7. The van der Waals surface area contributed by atoms with Gasteiger partial charge in [0.25, 0.3) is 0 Å². The summed E-state index contributed by atoms with van der Waals surface area (Å²) in [7, 11) is 0. The Morgan fingerprint density at radius 1 is 1.07 bits per heavy atom. The molecule has 3 rings (SSSR count). The van der Waals surface area contributed by atoms with Crippen molar-refractivity contribution in [3.8, 4) is 11.8 Å². The maximum Gasteiger partial charge on any atom is 0.134 e. The molecule has 0 saturated heterocycles. The van der Waals surface area contributed by atoms with E-state index in [1.807, 2.05) is 61.5 Å². The molecule has 5 heteroatoms. The van der Waals surface area contributed by atoms with Crippen molar-refractivity contribution >= 4 is 50.8 Å². The van der Waals surface area contributed by atoms with Gasteiger partial charge < -0.3 is 4.74 Å². The fraction of sp³-hybridized carbons (Fsp3) is 0.0870. The maximum atomic E-state index is 9.51. The van der Waals surface area contributed by atoms with Crippen molar-refractivity contribution in [1.82, 2.24) is 0 Å². The molecule has 0 spiro atoms. The number of hydrogen-bond donors (Lipinski definition) is 0. The van der Waals surface area contributed by atoms with Crippen molar-refractivity contribution in [1.29, 1.82) is 5.26 Å². The van der Waals surface area contributed by atoms with Gasteiger partial charge in [-0.2, -0.15) is 5.26 Å². The SMILES string of the molecule is Cc1ccc(/C(C#N)=C\c2ccc(OCc3ccc(Cl)cc3Cl)c(Br)c2)cc1. The number of nitriles is 1. The van der Waals surface area contributed by atoms with Gasteiger partial charge >= 0.3 is 0 Å². The Morgan fingerprint density at radius 3 is 2.46 bits per heavy atom. The first-order valence-corrected chi connectivity index (χ1v) is 10.1. The van der Waals surface area contributed by atoms with Crippen LogP contribution in [-0.4, -0.2) is 0 Å². The standard InChI is InChI=1S/C23H16BrCl2NO/c1-15-2-5-17(6-3-15)19(13-27)10-16-4-9-23(21(24)11-16)28-14-18-7-8-20(25)12-22(18)26/h2-12H,14H2,1H3/b19-10-. The van der Waals surface area contributed by atoms with E-state index < -0.39 is 0 Å². The molecule has 0 aliphatic carbocycles. The molecule has 0 radical (unpaired) electrons. The third-order valence-electron chi connectivity index (χ3n) is 4.15. The van der Waals surface area contributed by atoms with Gasteiger partial charge in [0.15, 0.2) is 0 Å². The lowest BCUT2D eigenvalue weighted by molar-refractivity contribution is 0.304. The molecule has 0 heterocycles. The second kappa shape index (κ2) is 9.30. The van der Waals surface area contributed by atoms with E-state index in [0.717, 1.165) is 26.7 Å². The minimum absolute atomic E-state index is 0.330. The van der Waals surface area contributed by atoms with Crippen LogP contribution in [-0.2, 0) is 6.61 Å². The average Bonchev–Trinajstić information content (AvgIpc) is 2.67. The van der Waals surface area contributed by atoms with E-state index in [4.69, 9.17) is 27.9 Å². The molecule has 0 amide bonds. The monoisotopic (exact) mass is 471 g/mol. The van der Waals surface area contributed by atoms with Gasteiger partial charge in [0.05, 0.1) is 16.1 Å². The Labute approximate surface area is 183 Å². The fourth-order valence-corrected chi connectivity index (χ4v) is 3.57. The third-order valence-corrected chi connectivity index (χ3v) is 5.35. The van der Waals surface area contributed by atoms with E-state index in [2.05, 4.69) is 22.0 Å². The van der Waals surface area contributed by atoms with Crippen molar-refractivity contribution in [2.75, 3.05) is 0 Å². The summed E-state index contributed by atoms with van der Waals surface area (Å²) < 4.78 is 6.67. The fourth-order valence-electron chi connectivity index (χ4n) is 2.60. The molecule has 0 N–H and O–H groups in total. The highest BCUT2D eigenvalue weighted by atomic mass is 79.9. The summed E-state index contributed by atoms with van der Waals surface area (Å²) in [5.41, 5.74) is 4.41. The van der Waals surface area contributed by atoms with Gasteiger partial charge in [-0.3, -0.25) is 0 Å². The Balaban J connectivity index is 1.78. The van der Waals surface area contributed by atoms with Gasteiger partial charge in [-0.05, 0) is 64.3 Å². The van der Waals surface area contributed by atoms with E-state index in [1.165, 1.54) is 0 Å². The van der Waals surface area contributed by atoms with Gasteiger partial charge in [-0.15, -0.1) is 0 Å². The first-order chi connectivity index (χ1) is 13.5. The van der Waals surface area contributed by atoms with Gasteiger partial charge in [0.1, 0.15) is 12.4 Å². The molecule has 140 valence electrons. The van der Waals surface area contributed by atoms with Crippen molar-refractivity contribution < 1.29 is 4.74 Å². The number of halogens is 3. The zero-order valence-electron chi connectivity index (χ0n) is 15.0. The van der Waals surface area contributed by atoms with Crippen molar-refractivity contribution in [3.05, 3.63) is 97.4 Å². The number of aryl methyl sites for hydroxylation is 1. The van der Waals surface area contributed by atoms with Crippen LogP contribution in [0, 0.1) is 18.3 Å². The molecule has 3 aromatic rings. The van der Waals surface area contributed by atoms with Crippen LogP contribution in [0.5, 0.6) is 5.75 Å². The van der Waals surface area contributed by atoms with Gasteiger partial charge in [0.2, 0.25) is 0 Å². The van der Waals surface area contributed by atoms with Crippen LogP contribution in [0.1, 0.15) is 22.3 Å². The number of allylic oxidation sites excluding steroid dienone is 1. The van der Waals surface area contributed by atoms with Crippen LogP contribution in [0.4, 0.5) is 0 Å². The predicted octanol–water partition coefficient (Wildman–Crippen LogP) is 7.71. The van der Waals surface area contributed by atoms with Crippen LogP contribution in [0.3, 0.4) is 0 Å². The van der Waals surface area contributed by atoms with Crippen LogP contribution in [0.25, 0.3) is 11.6 Å². The Kier molecular flexibility index (Phi) is 6.80. The van der Waals surface area contributed by atoms with Gasteiger partial charge in [0, 0.05) is 15.6 Å². The van der Waals surface area contributed by atoms with E-state index in [9.17, 15) is 5.26 Å². The third kappa shape index (κ3) is 5.17. The molecule has 0 aliphatic heterocycles. The lowest BCUT2D eigenvalue weighted by Crippen LogP contribution is -1.97. The predicted molar refractivity (Wildman–Crippen MR) is 120 cm³/mol.